The third-order valence-electron chi connectivity index (χ3n) is 5.60. The van der Waals surface area contributed by atoms with Crippen molar-refractivity contribution in [2.24, 2.45) is 0 Å². The molecule has 0 aliphatic rings. The Labute approximate surface area is 192 Å². The second kappa shape index (κ2) is 11.2. The van der Waals surface area contributed by atoms with Gasteiger partial charge in [0.15, 0.2) is 5.58 Å². The molecule has 0 N–H and O–H groups in total. The molecule has 2 aromatic heterocycles. The highest BCUT2D eigenvalue weighted by molar-refractivity contribution is 8.00. The van der Waals surface area contributed by atoms with Gasteiger partial charge in [0.1, 0.15) is 5.52 Å². The molecule has 0 aliphatic carbocycles. The largest absolute Gasteiger partial charge is 0.446 e. The van der Waals surface area contributed by atoms with E-state index in [4.69, 9.17) is 9.40 Å². The van der Waals surface area contributed by atoms with Gasteiger partial charge < -0.3 is 4.42 Å². The molecule has 0 saturated carbocycles. The van der Waals surface area contributed by atoms with Crippen LogP contribution in [0.5, 0.6) is 0 Å². The predicted molar refractivity (Wildman–Crippen MR) is 125 cm³/mol. The van der Waals surface area contributed by atoms with Crippen LogP contribution in [0, 0.1) is 0 Å². The van der Waals surface area contributed by atoms with Gasteiger partial charge in [-0.2, -0.15) is 13.2 Å². The smallest absolute Gasteiger partial charge is 0.436 e. The van der Waals surface area contributed by atoms with Gasteiger partial charge in [-0.3, -0.25) is 4.98 Å². The Hall–Kier alpha value is -2.02. The minimum Gasteiger partial charge on any atom is -0.436 e. The molecule has 0 fully saturated rings. The monoisotopic (exact) mass is 464 g/mol. The molecule has 0 amide bonds. The van der Waals surface area contributed by atoms with Crippen molar-refractivity contribution in [2.75, 3.05) is 0 Å². The molecule has 0 saturated heterocycles. The standard InChI is InChI=1S/C25H31F3N2OS/c1-4-7-10-17-15-21-23(19(12-9-6-3)18(17)11-8-5-2)30-24(31-21)20-13-14-29-16-22(20)32-25(26,27)28/h13-16H,4-12H2,1-3H3. The van der Waals surface area contributed by atoms with Crippen LogP contribution in [0.15, 0.2) is 33.8 Å². The van der Waals surface area contributed by atoms with Crippen molar-refractivity contribution in [1.29, 1.82) is 0 Å². The summed E-state index contributed by atoms with van der Waals surface area (Å²) in [4.78, 5) is 8.61. The minimum absolute atomic E-state index is 0.000854. The average molecular weight is 465 g/mol. The van der Waals surface area contributed by atoms with Gasteiger partial charge >= 0.3 is 5.51 Å². The highest BCUT2D eigenvalue weighted by Crippen LogP contribution is 2.42. The SMILES string of the molecule is CCCCc1cc2oc(-c3ccncc3SC(F)(F)F)nc2c(CCCC)c1CCCC. The summed E-state index contributed by atoms with van der Waals surface area (Å²) in [6, 6.07) is 3.61. The first-order valence-electron chi connectivity index (χ1n) is 11.5. The molecule has 3 aromatic rings. The Balaban J connectivity index is 2.16. The number of aromatic nitrogens is 2. The first-order valence-corrected chi connectivity index (χ1v) is 12.3. The molecule has 7 heteroatoms. The van der Waals surface area contributed by atoms with Crippen LogP contribution in [-0.4, -0.2) is 15.5 Å². The Morgan fingerprint density at radius 1 is 0.938 bits per heavy atom. The number of aryl methyl sites for hydroxylation is 2. The summed E-state index contributed by atoms with van der Waals surface area (Å²) < 4.78 is 45.3. The average Bonchev–Trinajstić information content (AvgIpc) is 3.17. The number of fused-ring (bicyclic) bond motifs is 1. The molecule has 1 aromatic carbocycles. The lowest BCUT2D eigenvalue weighted by atomic mass is 9.90. The summed E-state index contributed by atoms with van der Waals surface area (Å²) in [6.45, 7) is 6.53. The third-order valence-corrected chi connectivity index (χ3v) is 6.37. The fourth-order valence-electron chi connectivity index (χ4n) is 3.98. The van der Waals surface area contributed by atoms with E-state index in [1.165, 1.54) is 29.1 Å². The number of hydrogen-bond acceptors (Lipinski definition) is 4. The maximum atomic E-state index is 13.1. The molecule has 32 heavy (non-hydrogen) atoms. The van der Waals surface area contributed by atoms with Crippen molar-refractivity contribution in [3.05, 3.63) is 41.2 Å². The van der Waals surface area contributed by atoms with Crippen LogP contribution >= 0.6 is 11.8 Å². The van der Waals surface area contributed by atoms with Gasteiger partial charge in [0, 0.05) is 17.3 Å². The fraction of sp³-hybridized carbons (Fsp3) is 0.520. The van der Waals surface area contributed by atoms with Crippen LogP contribution in [-0.2, 0) is 19.3 Å². The maximum Gasteiger partial charge on any atom is 0.446 e. The number of pyridine rings is 1. The lowest BCUT2D eigenvalue weighted by Gasteiger charge is -2.15. The molecule has 174 valence electrons. The summed E-state index contributed by atoms with van der Waals surface area (Å²) in [6.07, 6.45) is 12.1. The third kappa shape index (κ3) is 6.06. The summed E-state index contributed by atoms with van der Waals surface area (Å²) in [7, 11) is 0. The zero-order chi connectivity index (χ0) is 23.1. The molecule has 0 bridgehead atoms. The van der Waals surface area contributed by atoms with Crippen molar-refractivity contribution in [1.82, 2.24) is 9.97 Å². The molecule has 2 heterocycles. The molecule has 3 rings (SSSR count). The van der Waals surface area contributed by atoms with E-state index in [1.54, 1.807) is 6.07 Å². The Morgan fingerprint density at radius 2 is 1.59 bits per heavy atom. The van der Waals surface area contributed by atoms with Gasteiger partial charge in [0.25, 0.3) is 0 Å². The van der Waals surface area contributed by atoms with E-state index < -0.39 is 5.51 Å². The zero-order valence-corrected chi connectivity index (χ0v) is 19.8. The van der Waals surface area contributed by atoms with Crippen molar-refractivity contribution in [3.8, 4) is 11.5 Å². The highest BCUT2D eigenvalue weighted by atomic mass is 32.2. The van der Waals surface area contributed by atoms with Crippen LogP contribution in [0.25, 0.3) is 22.6 Å². The number of hydrogen-bond donors (Lipinski definition) is 0. The van der Waals surface area contributed by atoms with E-state index in [0.717, 1.165) is 63.3 Å². The molecule has 0 atom stereocenters. The van der Waals surface area contributed by atoms with Gasteiger partial charge in [-0.1, -0.05) is 40.0 Å². The van der Waals surface area contributed by atoms with E-state index in [2.05, 4.69) is 31.8 Å². The number of nitrogens with zero attached hydrogens (tertiary/aromatic N) is 2. The van der Waals surface area contributed by atoms with Gasteiger partial charge in [-0.25, -0.2) is 4.98 Å². The van der Waals surface area contributed by atoms with Crippen LogP contribution in [0.2, 0.25) is 0 Å². The molecule has 3 nitrogen and oxygen atoms in total. The second-order valence-electron chi connectivity index (χ2n) is 8.09. The zero-order valence-electron chi connectivity index (χ0n) is 19.0. The Morgan fingerprint density at radius 3 is 2.25 bits per heavy atom. The number of unbranched alkanes of at least 4 members (excludes halogenated alkanes) is 3. The van der Waals surface area contributed by atoms with Gasteiger partial charge in [0.05, 0.1) is 5.56 Å². The molecule has 0 unspecified atom stereocenters. The number of thioether (sulfide) groups is 1. The quantitative estimate of drug-likeness (QED) is 0.267. The lowest BCUT2D eigenvalue weighted by Crippen LogP contribution is -2.03. The Kier molecular flexibility index (Phi) is 8.63. The number of oxazole rings is 1. The van der Waals surface area contributed by atoms with Gasteiger partial charge in [-0.05, 0) is 79.1 Å². The topological polar surface area (TPSA) is 38.9 Å². The van der Waals surface area contributed by atoms with Crippen LogP contribution < -0.4 is 0 Å². The first kappa shape index (κ1) is 24.6. The maximum absolute atomic E-state index is 13.1. The molecule has 0 spiro atoms. The number of rotatable bonds is 11. The molecular formula is C25H31F3N2OS. The summed E-state index contributed by atoms with van der Waals surface area (Å²) in [5.41, 5.74) is 1.23. The Bertz CT molecular complexity index is 1030. The second-order valence-corrected chi connectivity index (χ2v) is 9.20. The molecular weight excluding hydrogens is 433 g/mol. The van der Waals surface area contributed by atoms with Crippen LogP contribution in [0.1, 0.15) is 76.0 Å². The number of benzene rings is 1. The van der Waals surface area contributed by atoms with Crippen molar-refractivity contribution in [2.45, 2.75) is 89.0 Å². The normalized spacial score (nSPS) is 12.1. The first-order chi connectivity index (χ1) is 15.4. The van der Waals surface area contributed by atoms with E-state index >= 15 is 0 Å². The summed E-state index contributed by atoms with van der Waals surface area (Å²) in [5.74, 6) is 0.223. The van der Waals surface area contributed by atoms with E-state index in [-0.39, 0.29) is 22.5 Å². The molecule has 0 radical (unpaired) electrons. The van der Waals surface area contributed by atoms with Crippen molar-refractivity contribution < 1.29 is 17.6 Å². The number of halogens is 3. The fourth-order valence-corrected chi connectivity index (χ4v) is 4.61. The summed E-state index contributed by atoms with van der Waals surface area (Å²) >= 11 is -0.184. The van der Waals surface area contributed by atoms with E-state index in [9.17, 15) is 13.2 Å². The lowest BCUT2D eigenvalue weighted by molar-refractivity contribution is -0.0328. The van der Waals surface area contributed by atoms with Crippen molar-refractivity contribution >= 4 is 22.9 Å². The van der Waals surface area contributed by atoms with E-state index in [1.807, 2.05) is 0 Å². The van der Waals surface area contributed by atoms with E-state index in [0.29, 0.717) is 11.1 Å². The molecule has 0 aliphatic heterocycles. The summed E-state index contributed by atoms with van der Waals surface area (Å²) in [5, 5.41) is 0. The van der Waals surface area contributed by atoms with Crippen LogP contribution in [0.4, 0.5) is 13.2 Å². The van der Waals surface area contributed by atoms with Crippen molar-refractivity contribution in [3.63, 3.8) is 0 Å². The predicted octanol–water partition coefficient (Wildman–Crippen LogP) is 8.53. The van der Waals surface area contributed by atoms with Gasteiger partial charge in [-0.15, -0.1) is 0 Å². The minimum atomic E-state index is -4.41. The van der Waals surface area contributed by atoms with Crippen LogP contribution in [0.3, 0.4) is 0 Å². The highest BCUT2D eigenvalue weighted by Gasteiger charge is 2.31. The van der Waals surface area contributed by atoms with Gasteiger partial charge in [0.2, 0.25) is 5.89 Å². The number of alkyl halides is 3.